The molecule has 2 unspecified atom stereocenters. The van der Waals surface area contributed by atoms with Crippen LogP contribution in [0.1, 0.15) is 31.7 Å². The van der Waals surface area contributed by atoms with Crippen molar-refractivity contribution in [2.75, 3.05) is 24.6 Å². The smallest absolute Gasteiger partial charge is 0.313 e. The highest BCUT2D eigenvalue weighted by atomic mass is 32.2. The Balaban J connectivity index is 1.75. The van der Waals surface area contributed by atoms with E-state index in [1.165, 1.54) is 31.1 Å². The molecule has 0 saturated carbocycles. The van der Waals surface area contributed by atoms with Gasteiger partial charge in [0.05, 0.1) is 5.75 Å². The lowest BCUT2D eigenvalue weighted by atomic mass is 9.97. The van der Waals surface area contributed by atoms with Crippen molar-refractivity contribution in [1.29, 1.82) is 0 Å². The van der Waals surface area contributed by atoms with Crippen LogP contribution in [0.4, 0.5) is 5.95 Å². The lowest BCUT2D eigenvalue weighted by Crippen LogP contribution is -2.39. The highest BCUT2D eigenvalue weighted by Gasteiger charge is 2.34. The van der Waals surface area contributed by atoms with Gasteiger partial charge < -0.3 is 15.7 Å². The first-order chi connectivity index (χ1) is 9.65. The van der Waals surface area contributed by atoms with E-state index in [0.29, 0.717) is 23.2 Å². The maximum Gasteiger partial charge on any atom is 0.313 e. The number of aromatic nitrogens is 3. The number of carboxylic acid groups (broad SMARTS) is 1. The quantitative estimate of drug-likeness (QED) is 0.795. The minimum Gasteiger partial charge on any atom is -0.481 e. The van der Waals surface area contributed by atoms with E-state index in [1.54, 1.807) is 0 Å². The van der Waals surface area contributed by atoms with Gasteiger partial charge in [0.1, 0.15) is 0 Å². The third-order valence-corrected chi connectivity index (χ3v) is 5.10. The Labute approximate surface area is 121 Å². The van der Waals surface area contributed by atoms with Gasteiger partial charge in [-0.25, -0.2) is 0 Å². The van der Waals surface area contributed by atoms with Crippen LogP contribution in [0.2, 0.25) is 0 Å². The third kappa shape index (κ3) is 2.62. The van der Waals surface area contributed by atoms with E-state index in [1.807, 2.05) is 4.57 Å². The van der Waals surface area contributed by atoms with Crippen molar-refractivity contribution < 1.29 is 9.90 Å². The lowest BCUT2D eigenvalue weighted by molar-refractivity contribution is -0.133. The summed E-state index contributed by atoms with van der Waals surface area (Å²) in [5, 5.41) is 17.4. The zero-order valence-corrected chi connectivity index (χ0v) is 12.1. The van der Waals surface area contributed by atoms with Gasteiger partial charge >= 0.3 is 5.97 Å². The molecule has 2 fully saturated rings. The molecule has 0 aliphatic carbocycles. The van der Waals surface area contributed by atoms with Crippen LogP contribution >= 0.6 is 11.8 Å². The van der Waals surface area contributed by atoms with Gasteiger partial charge in [-0.2, -0.15) is 0 Å². The van der Waals surface area contributed by atoms with Gasteiger partial charge in [-0.15, -0.1) is 10.2 Å². The van der Waals surface area contributed by atoms with Crippen LogP contribution in [-0.4, -0.2) is 55.6 Å². The van der Waals surface area contributed by atoms with E-state index >= 15 is 0 Å². The first-order valence-electron chi connectivity index (χ1n) is 6.94. The number of rotatable bonds is 4. The minimum atomic E-state index is -0.853. The molecule has 3 N–H and O–H groups in total. The summed E-state index contributed by atoms with van der Waals surface area (Å²) in [5.74, 6) is -0.469. The van der Waals surface area contributed by atoms with Gasteiger partial charge in [-0.1, -0.05) is 11.8 Å². The molecule has 0 radical (unpaired) electrons. The number of nitrogens with zero attached hydrogens (tertiary/aromatic N) is 4. The first-order valence-corrected chi connectivity index (χ1v) is 7.92. The van der Waals surface area contributed by atoms with Crippen molar-refractivity contribution in [3.8, 4) is 0 Å². The number of aliphatic carboxylic acids is 1. The number of hydrogen-bond acceptors (Lipinski definition) is 6. The van der Waals surface area contributed by atoms with Crippen molar-refractivity contribution in [2.24, 2.45) is 0 Å². The summed E-state index contributed by atoms with van der Waals surface area (Å²) < 4.78 is 1.93. The molecule has 20 heavy (non-hydrogen) atoms. The zero-order chi connectivity index (χ0) is 14.1. The average Bonchev–Trinajstić information content (AvgIpc) is 3.01. The average molecular weight is 297 g/mol. The Morgan fingerprint density at radius 2 is 2.20 bits per heavy atom. The van der Waals surface area contributed by atoms with Crippen molar-refractivity contribution in [1.82, 2.24) is 19.7 Å². The molecule has 2 aliphatic heterocycles. The molecule has 8 heteroatoms. The topological polar surface area (TPSA) is 97.3 Å². The van der Waals surface area contributed by atoms with Crippen LogP contribution in [-0.2, 0) is 4.79 Å². The van der Waals surface area contributed by atoms with Crippen molar-refractivity contribution >= 4 is 23.7 Å². The summed E-state index contributed by atoms with van der Waals surface area (Å²) in [6.07, 6.45) is 4.61. The summed E-state index contributed by atoms with van der Waals surface area (Å²) in [6.45, 7) is 2.28. The summed E-state index contributed by atoms with van der Waals surface area (Å²) in [4.78, 5) is 13.2. The van der Waals surface area contributed by atoms with Crippen LogP contribution in [0.3, 0.4) is 0 Å². The number of anilines is 1. The molecule has 1 aromatic rings. The Hall–Kier alpha value is -1.28. The van der Waals surface area contributed by atoms with E-state index < -0.39 is 5.97 Å². The van der Waals surface area contributed by atoms with Crippen LogP contribution in [0.5, 0.6) is 0 Å². The Kier molecular flexibility index (Phi) is 3.84. The third-order valence-electron chi connectivity index (χ3n) is 4.17. The van der Waals surface area contributed by atoms with E-state index in [-0.39, 0.29) is 5.75 Å². The number of carboxylic acids is 1. The second-order valence-corrected chi connectivity index (χ2v) is 6.35. The molecular formula is C12H19N5O2S. The maximum atomic E-state index is 10.7. The Morgan fingerprint density at radius 1 is 1.35 bits per heavy atom. The van der Waals surface area contributed by atoms with Crippen LogP contribution in [0.25, 0.3) is 0 Å². The number of hydrogen-bond donors (Lipinski definition) is 2. The highest BCUT2D eigenvalue weighted by Crippen LogP contribution is 2.36. The number of carbonyl (C=O) groups is 1. The van der Waals surface area contributed by atoms with E-state index in [0.717, 1.165) is 19.4 Å². The molecular weight excluding hydrogens is 278 g/mol. The van der Waals surface area contributed by atoms with Gasteiger partial charge in [0.15, 0.2) is 5.16 Å². The predicted molar refractivity (Wildman–Crippen MR) is 75.7 cm³/mol. The molecule has 3 heterocycles. The molecule has 1 aromatic heterocycles. The van der Waals surface area contributed by atoms with Gasteiger partial charge in [0, 0.05) is 18.6 Å². The Bertz CT molecular complexity index is 506. The standard InChI is InChI=1S/C12H19N5O2S/c13-11-14-15-12(20-7-10(18)19)17(11)9-3-5-16-4-1-2-8(16)6-9/h8-9H,1-7H2,(H2,13,14)(H,18,19). The molecule has 0 spiro atoms. The highest BCUT2D eigenvalue weighted by molar-refractivity contribution is 7.99. The normalized spacial score (nSPS) is 26.6. The molecule has 0 bridgehead atoms. The lowest BCUT2D eigenvalue weighted by Gasteiger charge is -2.35. The number of nitrogens with two attached hydrogens (primary N) is 1. The van der Waals surface area contributed by atoms with Crippen LogP contribution < -0.4 is 5.73 Å². The van der Waals surface area contributed by atoms with Crippen molar-refractivity contribution in [2.45, 2.75) is 42.9 Å². The number of thioether (sulfide) groups is 1. The number of piperidine rings is 1. The Morgan fingerprint density at radius 3 is 3.00 bits per heavy atom. The second-order valence-electron chi connectivity index (χ2n) is 5.40. The number of nitrogen functional groups attached to an aromatic ring is 1. The van der Waals surface area contributed by atoms with E-state index in [9.17, 15) is 4.79 Å². The fourth-order valence-corrected chi connectivity index (χ4v) is 4.03. The molecule has 0 amide bonds. The predicted octanol–water partition coefficient (Wildman–Crippen LogP) is 0.836. The van der Waals surface area contributed by atoms with Crippen LogP contribution in [0, 0.1) is 0 Å². The molecule has 7 nitrogen and oxygen atoms in total. The summed E-state index contributed by atoms with van der Waals surface area (Å²) in [5.41, 5.74) is 5.93. The van der Waals surface area contributed by atoms with Gasteiger partial charge in [-0.05, 0) is 32.2 Å². The SMILES string of the molecule is Nc1nnc(SCC(=O)O)n1C1CCN2CCCC2C1. The molecule has 0 aromatic carbocycles. The summed E-state index contributed by atoms with van der Waals surface area (Å²) in [6, 6.07) is 0.925. The molecule has 110 valence electrons. The van der Waals surface area contributed by atoms with Crippen molar-refractivity contribution in [3.05, 3.63) is 0 Å². The first kappa shape index (κ1) is 13.7. The van der Waals surface area contributed by atoms with E-state index in [4.69, 9.17) is 10.8 Å². The fourth-order valence-electron chi connectivity index (χ4n) is 3.29. The van der Waals surface area contributed by atoms with Gasteiger partial charge in [0.25, 0.3) is 0 Å². The molecule has 2 atom stereocenters. The minimum absolute atomic E-state index is 0.0135. The second kappa shape index (κ2) is 5.61. The molecule has 2 aliphatic rings. The monoisotopic (exact) mass is 297 g/mol. The maximum absolute atomic E-state index is 10.7. The molecule has 3 rings (SSSR count). The zero-order valence-electron chi connectivity index (χ0n) is 11.2. The van der Waals surface area contributed by atoms with Gasteiger partial charge in [-0.3, -0.25) is 9.36 Å². The molecule has 2 saturated heterocycles. The summed E-state index contributed by atoms with van der Waals surface area (Å²) >= 11 is 1.19. The number of fused-ring (bicyclic) bond motifs is 1. The largest absolute Gasteiger partial charge is 0.481 e. The fraction of sp³-hybridized carbons (Fsp3) is 0.750. The summed E-state index contributed by atoms with van der Waals surface area (Å²) in [7, 11) is 0. The van der Waals surface area contributed by atoms with Gasteiger partial charge in [0.2, 0.25) is 5.95 Å². The van der Waals surface area contributed by atoms with Crippen LogP contribution in [0.15, 0.2) is 5.16 Å². The van der Waals surface area contributed by atoms with E-state index in [2.05, 4.69) is 15.1 Å². The van der Waals surface area contributed by atoms with Crippen molar-refractivity contribution in [3.63, 3.8) is 0 Å².